The third-order valence-electron chi connectivity index (χ3n) is 2.38. The maximum Gasteiger partial charge on any atom is 0.263 e. The number of nitrogens with one attached hydrogen (secondary N) is 1. The largest absolute Gasteiger partial charge is 0.508 e. The summed E-state index contributed by atoms with van der Waals surface area (Å²) in [6.45, 7) is 0. The van der Waals surface area contributed by atoms with Crippen molar-refractivity contribution in [1.82, 2.24) is 0 Å². The van der Waals surface area contributed by atoms with E-state index < -0.39 is 10.0 Å². The zero-order chi connectivity index (χ0) is 14.9. The summed E-state index contributed by atoms with van der Waals surface area (Å²) in [5, 5.41) is 9.56. The van der Waals surface area contributed by atoms with Gasteiger partial charge in [0.05, 0.1) is 10.0 Å². The lowest BCUT2D eigenvalue weighted by molar-refractivity contribution is 0.475. The summed E-state index contributed by atoms with van der Waals surface area (Å²) >= 11 is 14.8. The number of halogens is 3. The summed E-state index contributed by atoms with van der Waals surface area (Å²) in [4.78, 5) is -0.0278. The zero-order valence-electron chi connectivity index (χ0n) is 9.77. The molecule has 2 N–H and O–H groups in total. The highest BCUT2D eigenvalue weighted by Gasteiger charge is 2.19. The fraction of sp³-hybridized carbons (Fsp3) is 0. The number of phenolic OH excluding ortho intramolecular Hbond substituents is 1. The van der Waals surface area contributed by atoms with Crippen LogP contribution in [-0.4, -0.2) is 13.5 Å². The van der Waals surface area contributed by atoms with Crippen molar-refractivity contribution >= 4 is 54.8 Å². The van der Waals surface area contributed by atoms with Crippen LogP contribution in [0.25, 0.3) is 0 Å². The summed E-state index contributed by atoms with van der Waals surface area (Å²) in [5.41, 5.74) is 0.320. The predicted octanol–water partition coefficient (Wildman–Crippen LogP) is 4.26. The monoisotopic (exact) mass is 395 g/mol. The molecule has 0 radical (unpaired) electrons. The first kappa shape index (κ1) is 15.4. The maximum atomic E-state index is 12.3. The van der Waals surface area contributed by atoms with Crippen LogP contribution in [0.3, 0.4) is 0 Å². The van der Waals surface area contributed by atoms with E-state index in [1.54, 1.807) is 0 Å². The van der Waals surface area contributed by atoms with E-state index in [4.69, 9.17) is 28.3 Å². The van der Waals surface area contributed by atoms with Crippen LogP contribution in [-0.2, 0) is 10.0 Å². The van der Waals surface area contributed by atoms with Crippen molar-refractivity contribution in [1.29, 1.82) is 0 Å². The molecule has 0 heterocycles. The third kappa shape index (κ3) is 3.38. The highest BCUT2D eigenvalue weighted by Crippen LogP contribution is 2.32. The Morgan fingerprint density at radius 1 is 1.05 bits per heavy atom. The minimum absolute atomic E-state index is 0.0278. The fourth-order valence-corrected chi connectivity index (χ4v) is 4.10. The molecule has 0 aliphatic heterocycles. The van der Waals surface area contributed by atoms with Crippen molar-refractivity contribution in [2.75, 3.05) is 4.72 Å². The molecule has 0 saturated carbocycles. The smallest absolute Gasteiger partial charge is 0.263 e. The number of benzene rings is 2. The molecule has 2 rings (SSSR count). The van der Waals surface area contributed by atoms with E-state index in [1.165, 1.54) is 36.4 Å². The molecule has 0 aromatic heterocycles. The Balaban J connectivity index is 2.40. The molecule has 20 heavy (non-hydrogen) atoms. The van der Waals surface area contributed by atoms with Crippen LogP contribution in [0.4, 0.5) is 5.69 Å². The average Bonchev–Trinajstić information content (AvgIpc) is 2.36. The second-order valence-electron chi connectivity index (χ2n) is 3.85. The second-order valence-corrected chi connectivity index (χ2v) is 7.17. The molecule has 0 atom stereocenters. The van der Waals surface area contributed by atoms with Crippen molar-refractivity contribution in [3.8, 4) is 5.75 Å². The van der Waals surface area contributed by atoms with Gasteiger partial charge in [-0.25, -0.2) is 8.42 Å². The normalized spacial score (nSPS) is 11.3. The van der Waals surface area contributed by atoms with E-state index in [0.29, 0.717) is 10.2 Å². The number of phenols is 1. The number of hydrogen-bond donors (Lipinski definition) is 2. The molecule has 0 amide bonds. The molecule has 2 aromatic carbocycles. The van der Waals surface area contributed by atoms with Gasteiger partial charge in [-0.15, -0.1) is 0 Å². The minimum Gasteiger partial charge on any atom is -0.508 e. The van der Waals surface area contributed by atoms with Crippen molar-refractivity contribution in [3.63, 3.8) is 0 Å². The first-order valence-corrected chi connectivity index (χ1v) is 8.29. The molecule has 0 saturated heterocycles. The molecule has 0 bridgehead atoms. The SMILES string of the molecule is O=S(=O)(Nc1ccc(O)cc1)c1cc(Cl)c(Cl)cc1Br. The molecule has 106 valence electrons. The summed E-state index contributed by atoms with van der Waals surface area (Å²) in [7, 11) is -3.82. The second kappa shape index (κ2) is 5.81. The van der Waals surface area contributed by atoms with Gasteiger partial charge < -0.3 is 5.11 Å². The van der Waals surface area contributed by atoms with Crippen molar-refractivity contribution in [2.24, 2.45) is 0 Å². The molecule has 0 spiro atoms. The lowest BCUT2D eigenvalue weighted by Crippen LogP contribution is -2.13. The van der Waals surface area contributed by atoms with Crippen LogP contribution in [0.5, 0.6) is 5.75 Å². The molecule has 0 aliphatic carbocycles. The average molecular weight is 397 g/mol. The van der Waals surface area contributed by atoms with Gasteiger partial charge in [0, 0.05) is 10.2 Å². The van der Waals surface area contributed by atoms with Gasteiger partial charge in [0.1, 0.15) is 10.6 Å². The Bertz CT molecular complexity index is 748. The quantitative estimate of drug-likeness (QED) is 0.601. The van der Waals surface area contributed by atoms with E-state index in [0.717, 1.165) is 0 Å². The highest BCUT2D eigenvalue weighted by atomic mass is 79.9. The summed E-state index contributed by atoms with van der Waals surface area (Å²) in [5.74, 6) is 0.0451. The van der Waals surface area contributed by atoms with E-state index in [1.807, 2.05) is 0 Å². The number of sulfonamides is 1. The topological polar surface area (TPSA) is 66.4 Å². The van der Waals surface area contributed by atoms with Crippen molar-refractivity contribution < 1.29 is 13.5 Å². The van der Waals surface area contributed by atoms with Crippen LogP contribution in [0.15, 0.2) is 45.8 Å². The van der Waals surface area contributed by atoms with Crippen LogP contribution in [0, 0.1) is 0 Å². The van der Waals surface area contributed by atoms with Gasteiger partial charge in [-0.2, -0.15) is 0 Å². The standard InChI is InChI=1S/C12H8BrCl2NO3S/c13-9-5-10(14)11(15)6-12(9)20(18,19)16-7-1-3-8(17)4-2-7/h1-6,16-17H. The maximum absolute atomic E-state index is 12.3. The predicted molar refractivity (Wildman–Crippen MR) is 83.1 cm³/mol. The van der Waals surface area contributed by atoms with Gasteiger partial charge in [-0.3, -0.25) is 4.72 Å². The van der Waals surface area contributed by atoms with Gasteiger partial charge in [-0.05, 0) is 52.3 Å². The van der Waals surface area contributed by atoms with Crippen LogP contribution >= 0.6 is 39.1 Å². The highest BCUT2D eigenvalue weighted by molar-refractivity contribution is 9.10. The molecule has 2 aromatic rings. The summed E-state index contributed by atoms with van der Waals surface area (Å²) < 4.78 is 27.2. The van der Waals surface area contributed by atoms with Gasteiger partial charge >= 0.3 is 0 Å². The Morgan fingerprint density at radius 2 is 1.60 bits per heavy atom. The Hall–Kier alpha value is -0.950. The van der Waals surface area contributed by atoms with Crippen LogP contribution in [0.1, 0.15) is 0 Å². The summed E-state index contributed by atoms with van der Waals surface area (Å²) in [6.07, 6.45) is 0. The van der Waals surface area contributed by atoms with Crippen LogP contribution < -0.4 is 4.72 Å². The zero-order valence-corrected chi connectivity index (χ0v) is 13.7. The number of aromatic hydroxyl groups is 1. The first-order valence-electron chi connectivity index (χ1n) is 5.26. The fourth-order valence-electron chi connectivity index (χ4n) is 1.45. The van der Waals surface area contributed by atoms with Gasteiger partial charge in [0.2, 0.25) is 0 Å². The molecule has 0 fully saturated rings. The van der Waals surface area contributed by atoms with Gasteiger partial charge in [-0.1, -0.05) is 23.2 Å². The number of hydrogen-bond acceptors (Lipinski definition) is 3. The molecule has 0 aliphatic rings. The molecular formula is C12H8BrCl2NO3S. The van der Waals surface area contributed by atoms with E-state index >= 15 is 0 Å². The van der Waals surface area contributed by atoms with Crippen molar-refractivity contribution in [3.05, 3.63) is 50.9 Å². The van der Waals surface area contributed by atoms with Crippen molar-refractivity contribution in [2.45, 2.75) is 4.90 Å². The lowest BCUT2D eigenvalue weighted by Gasteiger charge is -2.10. The first-order chi connectivity index (χ1) is 9.29. The minimum atomic E-state index is -3.82. The van der Waals surface area contributed by atoms with Gasteiger partial charge in [0.15, 0.2) is 0 Å². The summed E-state index contributed by atoms with van der Waals surface area (Å²) in [6, 6.07) is 8.31. The Kier molecular flexibility index (Phi) is 4.49. The lowest BCUT2D eigenvalue weighted by atomic mass is 10.3. The van der Waals surface area contributed by atoms with Gasteiger partial charge in [0.25, 0.3) is 10.0 Å². The Morgan fingerprint density at radius 3 is 2.20 bits per heavy atom. The molecular weight excluding hydrogens is 389 g/mol. The van der Waals surface area contributed by atoms with E-state index in [9.17, 15) is 8.42 Å². The van der Waals surface area contributed by atoms with Crippen LogP contribution in [0.2, 0.25) is 10.0 Å². The molecule has 0 unspecified atom stereocenters. The molecule has 8 heteroatoms. The number of anilines is 1. The van der Waals surface area contributed by atoms with E-state index in [2.05, 4.69) is 20.7 Å². The third-order valence-corrected chi connectivity index (χ3v) is 5.45. The Labute approximate surface area is 134 Å². The molecule has 4 nitrogen and oxygen atoms in total. The van der Waals surface area contributed by atoms with E-state index in [-0.39, 0.29) is 20.7 Å². The number of rotatable bonds is 3.